The van der Waals surface area contributed by atoms with Crippen LogP contribution in [0.5, 0.6) is 11.5 Å². The Balaban J connectivity index is 1.91. The summed E-state index contributed by atoms with van der Waals surface area (Å²) in [5, 5.41) is 9.91. The maximum atomic E-state index is 9.91. The van der Waals surface area contributed by atoms with E-state index in [-0.39, 0.29) is 11.8 Å². The predicted octanol–water partition coefficient (Wildman–Crippen LogP) is 3.79. The molecule has 0 aliphatic carbocycles. The van der Waals surface area contributed by atoms with Crippen LogP contribution in [0.2, 0.25) is 0 Å². The Morgan fingerprint density at radius 1 is 1.06 bits per heavy atom. The van der Waals surface area contributed by atoms with Gasteiger partial charge in [-0.1, -0.05) is 36.4 Å². The second-order valence-electron chi connectivity index (χ2n) is 7.60. The van der Waals surface area contributed by atoms with Gasteiger partial charge in [0.05, 0.1) is 20.1 Å². The number of methoxy groups -OCH3 is 2. The van der Waals surface area contributed by atoms with Gasteiger partial charge in [0.15, 0.2) is 0 Å². The first kappa shape index (κ1) is 20.6. The van der Waals surface area contributed by atoms with E-state index in [4.69, 9.17) is 19.9 Å². The van der Waals surface area contributed by atoms with Crippen LogP contribution in [0.15, 0.2) is 76.9 Å². The Kier molecular flexibility index (Phi) is 5.70. The lowest BCUT2D eigenvalue weighted by molar-refractivity contribution is 0.250. The molecule has 2 aromatic rings. The number of para-hydroxylation sites is 2. The largest absolute Gasteiger partial charge is 0.496 e. The molecule has 0 spiro atoms. The number of nitrogens with two attached hydrogens (primary N) is 1. The number of nitrogens with zero attached hydrogens (tertiary/aromatic N) is 2. The van der Waals surface area contributed by atoms with Crippen LogP contribution in [0.1, 0.15) is 17.0 Å². The van der Waals surface area contributed by atoms with Crippen molar-refractivity contribution in [2.75, 3.05) is 34.4 Å². The fraction of sp³-hybridized carbons (Fsp3) is 0.240. The van der Waals surface area contributed by atoms with Gasteiger partial charge in [0, 0.05) is 29.8 Å². The number of ether oxygens (including phenoxy) is 3. The van der Waals surface area contributed by atoms with Crippen molar-refractivity contribution in [2.45, 2.75) is 5.92 Å². The smallest absolute Gasteiger partial charge is 0.205 e. The van der Waals surface area contributed by atoms with Crippen LogP contribution in [0.4, 0.5) is 0 Å². The summed E-state index contributed by atoms with van der Waals surface area (Å²) in [7, 11) is 5.34. The lowest BCUT2D eigenvalue weighted by atomic mass is 9.80. The van der Waals surface area contributed by atoms with E-state index in [1.54, 1.807) is 14.2 Å². The molecule has 0 amide bonds. The van der Waals surface area contributed by atoms with Crippen LogP contribution in [0, 0.1) is 11.3 Å². The second kappa shape index (κ2) is 8.58. The standard InChI is InChI=1S/C25H25N3O3/c1-28-14-17(12-16-8-4-6-10-21(16)29-2)24-20(15-28)23(19(13-26)25(27)31-24)18-9-5-7-11-22(18)30-3/h4-12,23H,14-15,27H2,1-3H3/b17-12+. The Morgan fingerprint density at radius 3 is 2.45 bits per heavy atom. The lowest BCUT2D eigenvalue weighted by Gasteiger charge is -2.37. The second-order valence-corrected chi connectivity index (χ2v) is 7.60. The van der Waals surface area contributed by atoms with Gasteiger partial charge in [0.25, 0.3) is 0 Å². The van der Waals surface area contributed by atoms with Gasteiger partial charge in [-0.2, -0.15) is 5.26 Å². The quantitative estimate of drug-likeness (QED) is 0.818. The zero-order valence-corrected chi connectivity index (χ0v) is 17.9. The van der Waals surface area contributed by atoms with Gasteiger partial charge in [0.2, 0.25) is 5.88 Å². The van der Waals surface area contributed by atoms with Gasteiger partial charge in [-0.05, 0) is 30.8 Å². The molecule has 4 rings (SSSR count). The van der Waals surface area contributed by atoms with Crippen LogP contribution in [0.3, 0.4) is 0 Å². The maximum Gasteiger partial charge on any atom is 0.205 e. The minimum Gasteiger partial charge on any atom is -0.496 e. The first-order valence-electron chi connectivity index (χ1n) is 10.0. The minimum absolute atomic E-state index is 0.132. The summed E-state index contributed by atoms with van der Waals surface area (Å²) in [4.78, 5) is 2.20. The number of nitriles is 1. The van der Waals surface area contributed by atoms with Gasteiger partial charge in [-0.3, -0.25) is 4.90 Å². The fourth-order valence-corrected chi connectivity index (χ4v) is 4.27. The molecule has 2 aliphatic rings. The summed E-state index contributed by atoms with van der Waals surface area (Å²) >= 11 is 0. The van der Waals surface area contributed by atoms with Crippen LogP contribution < -0.4 is 15.2 Å². The summed E-state index contributed by atoms with van der Waals surface area (Å²) in [5.41, 5.74) is 10.5. The summed E-state index contributed by atoms with van der Waals surface area (Å²) in [6, 6.07) is 17.8. The van der Waals surface area contributed by atoms with E-state index < -0.39 is 0 Å². The van der Waals surface area contributed by atoms with Gasteiger partial charge in [0.1, 0.15) is 28.9 Å². The Labute approximate surface area is 182 Å². The summed E-state index contributed by atoms with van der Waals surface area (Å²) in [6.07, 6.45) is 2.06. The molecule has 158 valence electrons. The maximum absolute atomic E-state index is 9.91. The van der Waals surface area contributed by atoms with Gasteiger partial charge < -0.3 is 19.9 Å². The van der Waals surface area contributed by atoms with E-state index in [1.807, 2.05) is 55.6 Å². The molecule has 1 unspecified atom stereocenters. The molecule has 0 fully saturated rings. The summed E-state index contributed by atoms with van der Waals surface area (Å²) < 4.78 is 17.2. The number of likely N-dealkylation sites (N-methyl/N-ethyl adjacent to an activating group) is 1. The normalized spacial score (nSPS) is 20.2. The van der Waals surface area contributed by atoms with E-state index in [2.05, 4.69) is 17.0 Å². The molecule has 0 aromatic heterocycles. The van der Waals surface area contributed by atoms with Crippen molar-refractivity contribution in [1.82, 2.24) is 4.90 Å². The number of benzene rings is 2. The highest BCUT2D eigenvalue weighted by molar-refractivity contribution is 5.66. The lowest BCUT2D eigenvalue weighted by Crippen LogP contribution is -2.36. The third-order valence-electron chi connectivity index (χ3n) is 5.62. The SMILES string of the molecule is COc1ccccc1/C=C1\CN(C)CC2=C1OC(N)=C(C#N)C2c1ccccc1OC. The van der Waals surface area contributed by atoms with E-state index in [0.29, 0.717) is 24.4 Å². The molecule has 0 saturated heterocycles. The van der Waals surface area contributed by atoms with Crippen LogP contribution in [-0.2, 0) is 4.74 Å². The number of hydrogen-bond donors (Lipinski definition) is 1. The molecule has 2 N–H and O–H groups in total. The monoisotopic (exact) mass is 415 g/mol. The third-order valence-corrected chi connectivity index (χ3v) is 5.62. The van der Waals surface area contributed by atoms with Crippen molar-refractivity contribution in [3.8, 4) is 17.6 Å². The van der Waals surface area contributed by atoms with Gasteiger partial charge in [-0.15, -0.1) is 0 Å². The Hall–Kier alpha value is -3.69. The zero-order chi connectivity index (χ0) is 22.0. The van der Waals surface area contributed by atoms with E-state index in [1.165, 1.54) is 0 Å². The topological polar surface area (TPSA) is 80.7 Å². The van der Waals surface area contributed by atoms with Crippen molar-refractivity contribution in [3.63, 3.8) is 0 Å². The van der Waals surface area contributed by atoms with Gasteiger partial charge >= 0.3 is 0 Å². The molecule has 1 atom stereocenters. The Bertz CT molecular complexity index is 1140. The highest BCUT2D eigenvalue weighted by Gasteiger charge is 2.38. The predicted molar refractivity (Wildman–Crippen MR) is 119 cm³/mol. The number of allylic oxidation sites excluding steroid dienone is 1. The highest BCUT2D eigenvalue weighted by atomic mass is 16.5. The van der Waals surface area contributed by atoms with Crippen molar-refractivity contribution in [2.24, 2.45) is 5.73 Å². The molecule has 2 aliphatic heterocycles. The van der Waals surface area contributed by atoms with Crippen molar-refractivity contribution >= 4 is 6.08 Å². The van der Waals surface area contributed by atoms with Crippen LogP contribution >= 0.6 is 0 Å². The first-order chi connectivity index (χ1) is 15.1. The molecule has 31 heavy (non-hydrogen) atoms. The van der Waals surface area contributed by atoms with Crippen LogP contribution in [0.25, 0.3) is 6.08 Å². The molecule has 6 heteroatoms. The third kappa shape index (κ3) is 3.76. The number of hydrogen-bond acceptors (Lipinski definition) is 6. The van der Waals surface area contributed by atoms with Crippen molar-refractivity contribution < 1.29 is 14.2 Å². The van der Waals surface area contributed by atoms with E-state index >= 15 is 0 Å². The zero-order valence-electron chi connectivity index (χ0n) is 17.9. The number of rotatable bonds is 4. The average Bonchev–Trinajstić information content (AvgIpc) is 2.79. The van der Waals surface area contributed by atoms with E-state index in [0.717, 1.165) is 33.8 Å². The molecular formula is C25H25N3O3. The Morgan fingerprint density at radius 2 is 1.74 bits per heavy atom. The molecule has 0 saturated carbocycles. The molecule has 2 aromatic carbocycles. The van der Waals surface area contributed by atoms with Crippen molar-refractivity contribution in [3.05, 3.63) is 88.0 Å². The highest BCUT2D eigenvalue weighted by Crippen LogP contribution is 2.46. The molecule has 0 bridgehead atoms. The van der Waals surface area contributed by atoms with E-state index in [9.17, 15) is 5.26 Å². The summed E-state index contributed by atoms with van der Waals surface area (Å²) in [6.45, 7) is 1.34. The minimum atomic E-state index is -0.339. The fourth-order valence-electron chi connectivity index (χ4n) is 4.27. The van der Waals surface area contributed by atoms with Gasteiger partial charge in [-0.25, -0.2) is 0 Å². The molecular weight excluding hydrogens is 390 g/mol. The molecule has 0 radical (unpaired) electrons. The summed E-state index contributed by atoms with van der Waals surface area (Å²) in [5.74, 6) is 2.01. The molecule has 2 heterocycles. The average molecular weight is 415 g/mol. The van der Waals surface area contributed by atoms with Crippen LogP contribution in [-0.4, -0.2) is 39.3 Å². The van der Waals surface area contributed by atoms with Crippen molar-refractivity contribution in [1.29, 1.82) is 5.26 Å². The molecule has 6 nitrogen and oxygen atoms in total. The first-order valence-corrected chi connectivity index (χ1v) is 10.0.